The van der Waals surface area contributed by atoms with E-state index in [4.69, 9.17) is 4.74 Å². The monoisotopic (exact) mass is 688 g/mol. The molecule has 0 aromatic heterocycles. The number of carbonyl (C=O) groups is 5. The number of hydrogen-bond donors (Lipinski definition) is 3. The SMILES string of the molecule is CC[C@H](C)[C@H](NC(=O)OCC1c2ccccc2-c2ccccc21)C(=O)N(C)[C@H](C(=O)C(CC(=O)N1CCCCC1)(NC)C(=O)O)C1CCCC1. The second-order valence-corrected chi connectivity index (χ2v) is 14.2. The molecule has 3 aliphatic rings. The number of amides is 3. The maximum atomic E-state index is 14.6. The maximum Gasteiger partial charge on any atom is 0.407 e. The standard InChI is InChI=1S/C39H52N4O7/c1-5-25(2)33(41-38(49)50-24-31-29-19-11-9-17-27(29)28-18-10-12-20-30(28)31)36(46)42(4)34(26-15-7-8-16-26)35(45)39(40-3,37(47)48)23-32(44)43-21-13-6-14-22-43/h9-12,17-20,25-26,31,33-34,40H,5-8,13-16,21-24H2,1-4H3,(H,41,49)(H,47,48)/t25-,33-,34-,39?/m0/s1. The first-order valence-corrected chi connectivity index (χ1v) is 18.2. The number of carbonyl (C=O) groups excluding carboxylic acids is 4. The number of likely N-dealkylation sites (N-methyl/N-ethyl adjacent to an activating group) is 2. The molecular weight excluding hydrogens is 636 g/mol. The Bertz CT molecular complexity index is 1520. The van der Waals surface area contributed by atoms with Crippen molar-refractivity contribution in [1.82, 2.24) is 20.4 Å². The minimum absolute atomic E-state index is 0.0780. The Morgan fingerprint density at radius 2 is 1.52 bits per heavy atom. The smallest absolute Gasteiger partial charge is 0.407 e. The van der Waals surface area contributed by atoms with Gasteiger partial charge in [0.2, 0.25) is 11.8 Å². The van der Waals surface area contributed by atoms with Crippen molar-refractivity contribution in [3.05, 3.63) is 59.7 Å². The Hall–Kier alpha value is -4.25. The molecular formula is C39H52N4O7. The summed E-state index contributed by atoms with van der Waals surface area (Å²) in [5, 5.41) is 16.1. The Morgan fingerprint density at radius 1 is 0.940 bits per heavy atom. The molecule has 1 aliphatic heterocycles. The van der Waals surface area contributed by atoms with E-state index in [-0.39, 0.29) is 24.4 Å². The highest BCUT2D eigenvalue weighted by molar-refractivity contribution is 6.13. The van der Waals surface area contributed by atoms with Crippen LogP contribution in [0.1, 0.15) is 88.7 Å². The van der Waals surface area contributed by atoms with E-state index >= 15 is 0 Å². The van der Waals surface area contributed by atoms with Gasteiger partial charge in [0.25, 0.3) is 0 Å². The maximum absolute atomic E-state index is 14.6. The van der Waals surface area contributed by atoms with Gasteiger partial charge in [-0.1, -0.05) is 81.6 Å². The number of ether oxygens (including phenoxy) is 1. The minimum Gasteiger partial charge on any atom is -0.480 e. The normalized spacial score (nSPS) is 19.0. The minimum atomic E-state index is -2.22. The lowest BCUT2D eigenvalue weighted by molar-refractivity contribution is -0.158. The Kier molecular flexibility index (Phi) is 12.0. The molecule has 2 fully saturated rings. The number of benzene rings is 2. The van der Waals surface area contributed by atoms with E-state index in [2.05, 4.69) is 22.8 Å². The number of fused-ring (bicyclic) bond motifs is 3. The molecule has 3 N–H and O–H groups in total. The molecule has 0 spiro atoms. The second kappa shape index (κ2) is 16.2. The lowest BCUT2D eigenvalue weighted by Crippen LogP contribution is -2.67. The third kappa shape index (κ3) is 7.43. The molecule has 0 radical (unpaired) electrons. The molecule has 4 atom stereocenters. The van der Waals surface area contributed by atoms with Crippen molar-refractivity contribution in [3.63, 3.8) is 0 Å². The molecule has 1 saturated carbocycles. The van der Waals surface area contributed by atoms with Gasteiger partial charge in [0.05, 0.1) is 12.5 Å². The third-order valence-corrected chi connectivity index (χ3v) is 11.3. The van der Waals surface area contributed by atoms with Crippen molar-refractivity contribution in [2.75, 3.05) is 33.8 Å². The number of aliphatic carboxylic acids is 1. The number of ketones is 1. The van der Waals surface area contributed by atoms with E-state index < -0.39 is 53.7 Å². The van der Waals surface area contributed by atoms with Crippen LogP contribution >= 0.6 is 0 Å². The molecule has 1 saturated heterocycles. The first-order chi connectivity index (χ1) is 24.0. The Morgan fingerprint density at radius 3 is 2.06 bits per heavy atom. The van der Waals surface area contributed by atoms with Gasteiger partial charge in [-0.2, -0.15) is 0 Å². The predicted octanol–water partition coefficient (Wildman–Crippen LogP) is 4.97. The summed E-state index contributed by atoms with van der Waals surface area (Å²) in [5.74, 6) is -3.84. The first-order valence-electron chi connectivity index (χ1n) is 18.2. The van der Waals surface area contributed by atoms with Gasteiger partial charge < -0.3 is 25.0 Å². The number of alkyl carbamates (subject to hydrolysis) is 1. The van der Waals surface area contributed by atoms with E-state index in [0.29, 0.717) is 32.4 Å². The average molecular weight is 689 g/mol. The van der Waals surface area contributed by atoms with E-state index in [1.807, 2.05) is 50.2 Å². The van der Waals surface area contributed by atoms with Crippen LogP contribution in [0.15, 0.2) is 48.5 Å². The zero-order chi connectivity index (χ0) is 36.0. The van der Waals surface area contributed by atoms with Crippen molar-refractivity contribution < 1.29 is 33.8 Å². The summed E-state index contributed by atoms with van der Waals surface area (Å²) in [5.41, 5.74) is 2.12. The number of Topliss-reactive ketones (excluding diaryl/α,β-unsaturated/α-hetero) is 1. The first kappa shape index (κ1) is 37.0. The number of piperidine rings is 1. The highest BCUT2D eigenvalue weighted by atomic mass is 16.5. The van der Waals surface area contributed by atoms with E-state index in [0.717, 1.165) is 54.4 Å². The summed E-state index contributed by atoms with van der Waals surface area (Å²) in [7, 11) is 2.89. The quantitative estimate of drug-likeness (QED) is 0.236. The summed E-state index contributed by atoms with van der Waals surface area (Å²) < 4.78 is 5.79. The van der Waals surface area contributed by atoms with Crippen LogP contribution in [-0.4, -0.2) is 96.0 Å². The summed E-state index contributed by atoms with van der Waals surface area (Å²) in [4.78, 5) is 71.7. The molecule has 5 rings (SSSR count). The van der Waals surface area contributed by atoms with Crippen LogP contribution in [0.3, 0.4) is 0 Å². The Balaban J connectivity index is 1.35. The van der Waals surface area contributed by atoms with E-state index in [9.17, 15) is 29.1 Å². The topological polar surface area (TPSA) is 145 Å². The predicted molar refractivity (Wildman–Crippen MR) is 189 cm³/mol. The fourth-order valence-corrected chi connectivity index (χ4v) is 8.11. The van der Waals surface area contributed by atoms with Gasteiger partial charge in [-0.15, -0.1) is 0 Å². The molecule has 0 bridgehead atoms. The molecule has 50 heavy (non-hydrogen) atoms. The molecule has 270 valence electrons. The van der Waals surface area contributed by atoms with E-state index in [1.54, 1.807) is 4.90 Å². The molecule has 3 amide bonds. The number of nitrogens with zero attached hydrogens (tertiary/aromatic N) is 2. The van der Waals surface area contributed by atoms with Crippen molar-refractivity contribution >= 4 is 29.7 Å². The molecule has 1 heterocycles. The number of rotatable bonds is 14. The van der Waals surface area contributed by atoms with Crippen molar-refractivity contribution in [3.8, 4) is 11.1 Å². The highest BCUT2D eigenvalue weighted by Gasteiger charge is 2.53. The van der Waals surface area contributed by atoms with Crippen LogP contribution in [0.4, 0.5) is 4.79 Å². The van der Waals surface area contributed by atoms with Crippen molar-refractivity contribution in [2.24, 2.45) is 11.8 Å². The van der Waals surface area contributed by atoms with Gasteiger partial charge in [0, 0.05) is 26.1 Å². The average Bonchev–Trinajstić information content (AvgIpc) is 3.78. The lowest BCUT2D eigenvalue weighted by Gasteiger charge is -2.40. The molecule has 1 unspecified atom stereocenters. The zero-order valence-electron chi connectivity index (χ0n) is 29.8. The van der Waals surface area contributed by atoms with Gasteiger partial charge in [-0.25, -0.2) is 9.59 Å². The summed E-state index contributed by atoms with van der Waals surface area (Å²) in [6, 6.07) is 13.9. The Labute approximate surface area is 295 Å². The van der Waals surface area contributed by atoms with Crippen LogP contribution < -0.4 is 10.6 Å². The number of likely N-dealkylation sites (tertiary alicyclic amines) is 1. The van der Waals surface area contributed by atoms with Crippen molar-refractivity contribution in [2.45, 2.75) is 95.2 Å². The zero-order valence-corrected chi connectivity index (χ0v) is 29.8. The number of nitrogens with one attached hydrogen (secondary N) is 2. The molecule has 2 aromatic carbocycles. The van der Waals surface area contributed by atoms with Crippen LogP contribution in [0, 0.1) is 11.8 Å². The number of hydrogen-bond acceptors (Lipinski definition) is 7. The van der Waals surface area contributed by atoms with Crippen LogP contribution in [-0.2, 0) is 23.9 Å². The van der Waals surface area contributed by atoms with Crippen LogP contribution in [0.5, 0.6) is 0 Å². The molecule has 11 nitrogen and oxygen atoms in total. The number of carboxylic acids is 1. The van der Waals surface area contributed by atoms with Crippen molar-refractivity contribution in [1.29, 1.82) is 0 Å². The molecule has 2 aliphatic carbocycles. The van der Waals surface area contributed by atoms with Gasteiger partial charge in [-0.3, -0.25) is 19.7 Å². The number of carboxylic acid groups (broad SMARTS) is 1. The summed E-state index contributed by atoms with van der Waals surface area (Å²) in [6.45, 7) is 4.88. The fourth-order valence-electron chi connectivity index (χ4n) is 8.11. The summed E-state index contributed by atoms with van der Waals surface area (Å²) >= 11 is 0. The molecule has 11 heteroatoms. The summed E-state index contributed by atoms with van der Waals surface area (Å²) in [6.07, 6.45) is 4.88. The van der Waals surface area contributed by atoms with Crippen LogP contribution in [0.2, 0.25) is 0 Å². The van der Waals surface area contributed by atoms with Gasteiger partial charge in [0.1, 0.15) is 12.6 Å². The lowest BCUT2D eigenvalue weighted by atomic mass is 9.79. The molecule has 2 aromatic rings. The largest absolute Gasteiger partial charge is 0.480 e. The van der Waals surface area contributed by atoms with E-state index in [1.165, 1.54) is 19.0 Å². The van der Waals surface area contributed by atoms with Crippen LogP contribution in [0.25, 0.3) is 11.1 Å². The van der Waals surface area contributed by atoms with Gasteiger partial charge in [0.15, 0.2) is 11.3 Å². The third-order valence-electron chi connectivity index (χ3n) is 11.3. The van der Waals surface area contributed by atoms with Gasteiger partial charge >= 0.3 is 12.1 Å². The fraction of sp³-hybridized carbons (Fsp3) is 0.564. The van der Waals surface area contributed by atoms with Gasteiger partial charge in [-0.05, 0) is 73.2 Å². The second-order valence-electron chi connectivity index (χ2n) is 14.2. The highest BCUT2D eigenvalue weighted by Crippen LogP contribution is 2.44.